The summed E-state index contributed by atoms with van der Waals surface area (Å²) in [6.07, 6.45) is 1.74. The summed E-state index contributed by atoms with van der Waals surface area (Å²) in [4.78, 5) is 9.03. The van der Waals surface area contributed by atoms with Crippen LogP contribution in [0.25, 0.3) is 17.0 Å². The van der Waals surface area contributed by atoms with Crippen LogP contribution in [0.15, 0.2) is 104 Å². The van der Waals surface area contributed by atoms with Crippen molar-refractivity contribution < 1.29 is 0 Å². The average Bonchev–Trinajstić information content (AvgIpc) is 2.80. The summed E-state index contributed by atoms with van der Waals surface area (Å²) >= 11 is 6.28. The van der Waals surface area contributed by atoms with Gasteiger partial charge in [-0.2, -0.15) is 0 Å². The molecule has 1 aromatic heterocycles. The zero-order valence-corrected chi connectivity index (χ0v) is 19.0. The molecule has 0 aliphatic rings. The fourth-order valence-electron chi connectivity index (χ4n) is 3.30. The summed E-state index contributed by atoms with van der Waals surface area (Å²) in [5.74, 6) is 0.513. The van der Waals surface area contributed by atoms with Crippen molar-refractivity contribution >= 4 is 40.3 Å². The zero-order valence-electron chi connectivity index (χ0n) is 18.3. The number of nitrogens with one attached hydrogen (secondary N) is 3. The topological polar surface area (TPSA) is 61.9 Å². The van der Waals surface area contributed by atoms with Gasteiger partial charge in [0, 0.05) is 50.8 Å². The first-order valence-corrected chi connectivity index (χ1v) is 10.8. The third-order valence-electron chi connectivity index (χ3n) is 4.81. The van der Waals surface area contributed by atoms with Gasteiger partial charge in [-0.15, -0.1) is 0 Å². The number of allylic oxidation sites excluding steroid dienone is 1. The van der Waals surface area contributed by atoms with Crippen LogP contribution in [-0.2, 0) is 0 Å². The monoisotopic (exact) mass is 453 g/mol. The predicted molar refractivity (Wildman–Crippen MR) is 140 cm³/mol. The van der Waals surface area contributed by atoms with Crippen molar-refractivity contribution in [2.45, 2.75) is 6.92 Å². The quantitative estimate of drug-likeness (QED) is 0.257. The minimum Gasteiger partial charge on any atom is -0.360 e. The molecule has 0 fully saturated rings. The maximum absolute atomic E-state index is 6.28. The van der Waals surface area contributed by atoms with E-state index < -0.39 is 0 Å². The number of nitrogens with zero attached hydrogens (tertiary/aromatic N) is 2. The lowest BCUT2D eigenvalue weighted by Crippen LogP contribution is -2.00. The van der Waals surface area contributed by atoms with E-state index in [0.29, 0.717) is 11.0 Å². The molecule has 3 aromatic carbocycles. The SMILES string of the molecule is C=C(C)Nc1ccc(-c2ccnc(Nc3cccc(NC(=C)c4ccccc4Cl)c3)n2)cc1. The molecule has 0 aliphatic heterocycles. The van der Waals surface area contributed by atoms with E-state index in [1.54, 1.807) is 6.20 Å². The highest BCUT2D eigenvalue weighted by Gasteiger charge is 2.07. The lowest BCUT2D eigenvalue weighted by atomic mass is 10.1. The van der Waals surface area contributed by atoms with Crippen molar-refractivity contribution in [3.8, 4) is 11.3 Å². The third kappa shape index (κ3) is 5.79. The van der Waals surface area contributed by atoms with Crippen LogP contribution in [0.4, 0.5) is 23.0 Å². The number of hydrogen-bond acceptors (Lipinski definition) is 5. The molecule has 0 radical (unpaired) electrons. The fourth-order valence-corrected chi connectivity index (χ4v) is 3.55. The molecule has 0 bridgehead atoms. The van der Waals surface area contributed by atoms with Gasteiger partial charge in [0.1, 0.15) is 0 Å². The Balaban J connectivity index is 1.48. The molecule has 0 aliphatic carbocycles. The van der Waals surface area contributed by atoms with E-state index in [0.717, 1.165) is 45.3 Å². The van der Waals surface area contributed by atoms with Gasteiger partial charge in [-0.1, -0.05) is 61.2 Å². The molecule has 1 heterocycles. The van der Waals surface area contributed by atoms with E-state index in [9.17, 15) is 0 Å². The molecule has 0 saturated heterocycles. The lowest BCUT2D eigenvalue weighted by molar-refractivity contribution is 1.17. The molecule has 6 heteroatoms. The maximum Gasteiger partial charge on any atom is 0.227 e. The van der Waals surface area contributed by atoms with Crippen molar-refractivity contribution in [3.05, 3.63) is 115 Å². The van der Waals surface area contributed by atoms with Crippen LogP contribution in [0.1, 0.15) is 12.5 Å². The highest BCUT2D eigenvalue weighted by atomic mass is 35.5. The van der Waals surface area contributed by atoms with Crippen molar-refractivity contribution in [1.82, 2.24) is 9.97 Å². The van der Waals surface area contributed by atoms with Gasteiger partial charge in [-0.05, 0) is 49.4 Å². The number of hydrogen-bond donors (Lipinski definition) is 3. The summed E-state index contributed by atoms with van der Waals surface area (Å²) in [5.41, 5.74) is 7.02. The maximum atomic E-state index is 6.28. The molecule has 0 amide bonds. The van der Waals surface area contributed by atoms with Gasteiger partial charge in [0.15, 0.2) is 0 Å². The first kappa shape index (κ1) is 22.1. The summed E-state index contributed by atoms with van der Waals surface area (Å²) in [6, 6.07) is 25.4. The molecule has 4 rings (SSSR count). The summed E-state index contributed by atoms with van der Waals surface area (Å²) in [7, 11) is 0. The number of benzene rings is 3. The summed E-state index contributed by atoms with van der Waals surface area (Å²) < 4.78 is 0. The van der Waals surface area contributed by atoms with Crippen LogP contribution in [0.3, 0.4) is 0 Å². The number of rotatable bonds is 8. The molecule has 0 spiro atoms. The lowest BCUT2D eigenvalue weighted by Gasteiger charge is -2.13. The van der Waals surface area contributed by atoms with Crippen LogP contribution in [0.2, 0.25) is 5.02 Å². The third-order valence-corrected chi connectivity index (χ3v) is 5.14. The van der Waals surface area contributed by atoms with Gasteiger partial charge < -0.3 is 16.0 Å². The highest BCUT2D eigenvalue weighted by molar-refractivity contribution is 6.32. The smallest absolute Gasteiger partial charge is 0.227 e. The van der Waals surface area contributed by atoms with E-state index in [1.165, 1.54) is 0 Å². The minimum atomic E-state index is 0.513. The second-order valence-corrected chi connectivity index (χ2v) is 7.94. The molecule has 0 unspecified atom stereocenters. The largest absolute Gasteiger partial charge is 0.360 e. The second kappa shape index (κ2) is 10.0. The number of anilines is 4. The van der Waals surface area contributed by atoms with E-state index in [4.69, 9.17) is 11.6 Å². The minimum absolute atomic E-state index is 0.513. The first-order chi connectivity index (χ1) is 16.0. The van der Waals surface area contributed by atoms with E-state index in [-0.39, 0.29) is 0 Å². The van der Waals surface area contributed by atoms with Crippen LogP contribution >= 0.6 is 11.6 Å². The normalized spacial score (nSPS) is 10.4. The van der Waals surface area contributed by atoms with E-state index in [1.807, 2.05) is 85.8 Å². The van der Waals surface area contributed by atoms with Crippen molar-refractivity contribution in [2.75, 3.05) is 16.0 Å². The van der Waals surface area contributed by atoms with Crippen LogP contribution in [-0.4, -0.2) is 9.97 Å². The van der Waals surface area contributed by atoms with E-state index in [2.05, 4.69) is 39.1 Å². The molecule has 4 aromatic rings. The van der Waals surface area contributed by atoms with Crippen LogP contribution in [0.5, 0.6) is 0 Å². The Labute approximate surface area is 198 Å². The zero-order chi connectivity index (χ0) is 23.2. The molecule has 0 saturated carbocycles. The van der Waals surface area contributed by atoms with Gasteiger partial charge in [-0.25, -0.2) is 9.97 Å². The first-order valence-electron chi connectivity index (χ1n) is 10.4. The van der Waals surface area contributed by atoms with Gasteiger partial charge >= 0.3 is 0 Å². The second-order valence-electron chi connectivity index (χ2n) is 7.54. The number of halogens is 1. The molecule has 5 nitrogen and oxygen atoms in total. The van der Waals surface area contributed by atoms with Gasteiger partial charge in [0.2, 0.25) is 5.95 Å². The Hall–Kier alpha value is -4.09. The fraction of sp³-hybridized carbons (Fsp3) is 0.0370. The standard InChI is InChI=1S/C27H24ClN5/c1-18(2)30-21-13-11-20(12-14-21)26-15-16-29-27(33-26)32-23-8-6-7-22(17-23)31-19(3)24-9-4-5-10-25(24)28/h4-17,30-31H,1,3H2,2H3,(H,29,32,33). The van der Waals surface area contributed by atoms with Gasteiger partial charge in [0.25, 0.3) is 0 Å². The Morgan fingerprint density at radius 3 is 2.33 bits per heavy atom. The Morgan fingerprint density at radius 2 is 1.58 bits per heavy atom. The highest BCUT2D eigenvalue weighted by Crippen LogP contribution is 2.26. The van der Waals surface area contributed by atoms with Crippen molar-refractivity contribution in [3.63, 3.8) is 0 Å². The predicted octanol–water partition coefficient (Wildman–Crippen LogP) is 7.57. The van der Waals surface area contributed by atoms with E-state index >= 15 is 0 Å². The van der Waals surface area contributed by atoms with Gasteiger partial charge in [0.05, 0.1) is 5.69 Å². The Bertz CT molecular complexity index is 1300. The molecule has 33 heavy (non-hydrogen) atoms. The summed E-state index contributed by atoms with van der Waals surface area (Å²) in [6.45, 7) is 9.90. The number of aromatic nitrogens is 2. The summed E-state index contributed by atoms with van der Waals surface area (Å²) in [5, 5.41) is 10.4. The van der Waals surface area contributed by atoms with Crippen molar-refractivity contribution in [2.24, 2.45) is 0 Å². The van der Waals surface area contributed by atoms with Gasteiger partial charge in [-0.3, -0.25) is 0 Å². The Morgan fingerprint density at radius 1 is 0.818 bits per heavy atom. The average molecular weight is 454 g/mol. The van der Waals surface area contributed by atoms with Crippen LogP contribution < -0.4 is 16.0 Å². The molecule has 0 atom stereocenters. The molecule has 164 valence electrons. The Kier molecular flexibility index (Phi) is 6.72. The molecular weight excluding hydrogens is 430 g/mol. The molecule has 3 N–H and O–H groups in total. The van der Waals surface area contributed by atoms with Crippen LogP contribution in [0, 0.1) is 0 Å². The van der Waals surface area contributed by atoms with Crippen molar-refractivity contribution in [1.29, 1.82) is 0 Å². The molecular formula is C27H24ClN5.